The van der Waals surface area contributed by atoms with Crippen molar-refractivity contribution >= 4 is 24.8 Å². The van der Waals surface area contributed by atoms with Gasteiger partial charge in [0, 0.05) is 0 Å². The molecule has 3 nitrogen and oxygen atoms in total. The molecule has 0 aliphatic carbocycles. The van der Waals surface area contributed by atoms with Crippen LogP contribution in [0.1, 0.15) is 0 Å². The Morgan fingerprint density at radius 1 is 1.00 bits per heavy atom. The van der Waals surface area contributed by atoms with Crippen LogP contribution in [0.5, 0.6) is 0 Å². The normalized spacial score (nSPS) is 0.500. The van der Waals surface area contributed by atoms with Gasteiger partial charge in [0.25, 0.3) is 0 Å². The third kappa shape index (κ3) is 64.8. The first kappa shape index (κ1) is 57.6. The number of rotatable bonds is 0. The van der Waals surface area contributed by atoms with Crippen LogP contribution in [0, 0.1) is 0 Å². The molecule has 6 heavy (non-hydrogen) atoms. The molecule has 0 aliphatic rings. The van der Waals surface area contributed by atoms with Crippen molar-refractivity contribution in [2.75, 3.05) is 0 Å². The second-order valence-corrected chi connectivity index (χ2v) is 0. The van der Waals surface area contributed by atoms with E-state index in [4.69, 9.17) is 2.81 Å². The van der Waals surface area contributed by atoms with Crippen LogP contribution in [0.4, 0.5) is 0 Å². The molecule has 0 spiro atoms. The van der Waals surface area contributed by atoms with Crippen LogP contribution < -0.4 is 6.15 Å². The van der Waals surface area contributed by atoms with Gasteiger partial charge in [-0.3, -0.25) is 0 Å². The third-order valence-electron chi connectivity index (χ3n) is 0. The molecule has 0 aliphatic heterocycles. The Kier molecular flexibility index (Phi) is 1140. The fourth-order valence-corrected chi connectivity index (χ4v) is 0. The average molecular weight is 215 g/mol. The first-order valence-corrected chi connectivity index (χ1v) is 1.21. The molecule has 6 heteroatoms. The molecule has 0 fully saturated rings. The predicted octanol–water partition coefficient (Wildman–Crippen LogP) is 0.922. The van der Waals surface area contributed by atoms with Crippen molar-refractivity contribution in [2.24, 2.45) is 0 Å². The molecule has 0 aromatic carbocycles. The maximum atomic E-state index is 8.34. The van der Waals surface area contributed by atoms with E-state index in [1.54, 1.807) is 0 Å². The first-order chi connectivity index (χ1) is 1.00. The van der Waals surface area contributed by atoms with E-state index >= 15 is 0 Å². The number of halogens is 2. The number of quaternary nitrogens is 1. The van der Waals surface area contributed by atoms with Crippen molar-refractivity contribution < 1.29 is 33.0 Å². The van der Waals surface area contributed by atoms with E-state index < -0.39 is 0 Å². The third-order valence-corrected chi connectivity index (χ3v) is 0. The van der Waals surface area contributed by atoms with Crippen LogP contribution in [0.2, 0.25) is 0 Å². The van der Waals surface area contributed by atoms with Crippen LogP contribution in [-0.4, -0.2) is 5.48 Å². The number of hydrogen-bond acceptors (Lipinski definition) is 2. The van der Waals surface area contributed by atoms with E-state index in [-0.39, 0.29) is 36.4 Å². The van der Waals surface area contributed by atoms with E-state index in [1.165, 1.54) is 0 Å². The second-order valence-electron chi connectivity index (χ2n) is 0. The molecule has 0 saturated heterocycles. The van der Waals surface area contributed by atoms with E-state index in [0.717, 1.165) is 0 Å². The van der Waals surface area contributed by atoms with Gasteiger partial charge in [-0.25, -0.2) is 0 Å². The van der Waals surface area contributed by atoms with E-state index in [0.29, 0.717) is 24.7 Å². The molecule has 0 unspecified atom stereocenters. The molecular weight excluding hydrogens is 208 g/mol. The first-order valence-electron chi connectivity index (χ1n) is 0.204. The summed E-state index contributed by atoms with van der Waals surface area (Å²) in [6, 6.07) is 0. The standard InChI is InChI=1S/2ClH.H3N.H2O.O.Zr/h2*1H;1H3;1H2;;. The van der Waals surface area contributed by atoms with Gasteiger partial charge in [0.15, 0.2) is 0 Å². The number of hydrogen-bond donors (Lipinski definition) is 1. The predicted molar refractivity (Wildman–Crippen MR) is 23.1 cm³/mol. The van der Waals surface area contributed by atoms with E-state index in [1.807, 2.05) is 0 Å². The topological polar surface area (TPSA) is 83.6 Å². The molecule has 42 valence electrons. The Labute approximate surface area is 63.9 Å². The van der Waals surface area contributed by atoms with Gasteiger partial charge in [0.2, 0.25) is 0 Å². The summed E-state index contributed by atoms with van der Waals surface area (Å²) in [6.07, 6.45) is 0. The zero-order valence-electron chi connectivity index (χ0n) is 3.17. The minimum atomic E-state index is 0. The van der Waals surface area contributed by atoms with Gasteiger partial charge in [0.1, 0.15) is 0 Å². The maximum absolute atomic E-state index is 8.34. The fourth-order valence-electron chi connectivity index (χ4n) is 0. The summed E-state index contributed by atoms with van der Waals surface area (Å²) in [5, 5.41) is 0. The Morgan fingerprint density at radius 2 is 1.00 bits per heavy atom. The van der Waals surface area contributed by atoms with Crippen molar-refractivity contribution in [3.8, 4) is 0 Å². The average Bonchev–Trinajstić information content (AvgIpc) is 1.00. The molecule has 0 bridgehead atoms. The van der Waals surface area contributed by atoms with Crippen LogP contribution in [-0.2, 0) is 27.5 Å². The quantitative estimate of drug-likeness (QED) is 0.651. The van der Waals surface area contributed by atoms with Crippen molar-refractivity contribution in [3.63, 3.8) is 0 Å². The molecule has 0 aromatic heterocycles. The molecule has 0 heterocycles. The van der Waals surface area contributed by atoms with E-state index in [9.17, 15) is 0 Å². The fraction of sp³-hybridized carbons (Fsp3) is 0. The monoisotopic (exact) mass is 213 g/mol. The van der Waals surface area contributed by atoms with Crippen molar-refractivity contribution in [1.29, 1.82) is 0 Å². The van der Waals surface area contributed by atoms with E-state index in [2.05, 4.69) is 0 Å². The van der Waals surface area contributed by atoms with Gasteiger partial charge in [-0.05, 0) is 0 Å². The summed E-state index contributed by atoms with van der Waals surface area (Å²) in [7, 11) is 0. The van der Waals surface area contributed by atoms with Crippen molar-refractivity contribution in [3.05, 3.63) is 0 Å². The summed E-state index contributed by atoms with van der Waals surface area (Å²) < 4.78 is 8.34. The Balaban J connectivity index is -0.000000000833. The zero-order valence-corrected chi connectivity index (χ0v) is 7.26. The summed E-state index contributed by atoms with van der Waals surface area (Å²) in [6.45, 7) is 0. The molecular formula is H7Cl2NO2Zr. The van der Waals surface area contributed by atoms with Crippen LogP contribution in [0.3, 0.4) is 0 Å². The summed E-state index contributed by atoms with van der Waals surface area (Å²) in [5.41, 5.74) is 0. The Bertz CT molecular complexity index is 11.5. The van der Waals surface area contributed by atoms with Gasteiger partial charge >= 0.3 is 27.5 Å². The molecule has 0 atom stereocenters. The molecule has 0 radical (unpaired) electrons. The second kappa shape index (κ2) is 119. The molecule has 0 saturated carbocycles. The molecule has 0 aromatic rings. The van der Waals surface area contributed by atoms with Crippen LogP contribution in [0.15, 0.2) is 0 Å². The van der Waals surface area contributed by atoms with Crippen molar-refractivity contribution in [2.45, 2.75) is 0 Å². The minimum absolute atomic E-state index is 0. The SMILES string of the molecule is Cl.Cl.[NH4+].[OH-].[O]=[Zr]. The molecule has 5 N–H and O–H groups in total. The molecule has 0 amide bonds. The van der Waals surface area contributed by atoms with Gasteiger partial charge in [-0.15, -0.1) is 24.8 Å². The summed E-state index contributed by atoms with van der Waals surface area (Å²) >= 11 is 0.300. The van der Waals surface area contributed by atoms with Gasteiger partial charge in [-0.1, -0.05) is 0 Å². The molecule has 0 rings (SSSR count). The van der Waals surface area contributed by atoms with Gasteiger partial charge in [-0.2, -0.15) is 0 Å². The Morgan fingerprint density at radius 3 is 1.00 bits per heavy atom. The Hall–Kier alpha value is 1.18. The zero-order chi connectivity index (χ0) is 2.00. The summed E-state index contributed by atoms with van der Waals surface area (Å²) in [4.78, 5) is 0. The van der Waals surface area contributed by atoms with Crippen LogP contribution >= 0.6 is 24.8 Å². The summed E-state index contributed by atoms with van der Waals surface area (Å²) in [5.74, 6) is 0. The van der Waals surface area contributed by atoms with Gasteiger partial charge in [0.05, 0.1) is 0 Å². The van der Waals surface area contributed by atoms with Gasteiger partial charge < -0.3 is 11.6 Å². The van der Waals surface area contributed by atoms with Crippen molar-refractivity contribution in [1.82, 2.24) is 6.15 Å². The van der Waals surface area contributed by atoms with Crippen LogP contribution in [0.25, 0.3) is 0 Å².